The monoisotopic (exact) mass is 278 g/mol. The smallest absolute Gasteiger partial charge is 0.227 e. The number of ether oxygens (including phenoxy) is 1. The van der Waals surface area contributed by atoms with E-state index in [0.717, 1.165) is 30.2 Å². The molecule has 110 valence electrons. The highest BCUT2D eigenvalue weighted by atomic mass is 16.5. The quantitative estimate of drug-likeness (QED) is 0.826. The van der Waals surface area contributed by atoms with Crippen molar-refractivity contribution in [2.24, 2.45) is 11.3 Å². The molecule has 2 aliphatic heterocycles. The SMILES string of the molecule is Cc1noc(C)c1CC(=O)N1CC(C)(C)[C@@H]2COC[C@@H]21. The van der Waals surface area contributed by atoms with E-state index in [-0.39, 0.29) is 17.4 Å². The second kappa shape index (κ2) is 4.58. The van der Waals surface area contributed by atoms with E-state index in [4.69, 9.17) is 9.26 Å². The number of aryl methyl sites for hydroxylation is 2. The Kier molecular flexibility index (Phi) is 3.12. The van der Waals surface area contributed by atoms with E-state index in [1.165, 1.54) is 0 Å². The van der Waals surface area contributed by atoms with Crippen molar-refractivity contribution >= 4 is 5.91 Å². The minimum absolute atomic E-state index is 0.134. The molecular formula is C15H22N2O3. The molecule has 0 unspecified atom stereocenters. The molecule has 1 amide bonds. The van der Waals surface area contributed by atoms with Crippen molar-refractivity contribution in [1.82, 2.24) is 10.1 Å². The summed E-state index contributed by atoms with van der Waals surface area (Å²) >= 11 is 0. The van der Waals surface area contributed by atoms with Gasteiger partial charge in [0.1, 0.15) is 5.76 Å². The molecule has 0 radical (unpaired) electrons. The summed E-state index contributed by atoms with van der Waals surface area (Å²) in [4.78, 5) is 14.7. The first-order valence-electron chi connectivity index (χ1n) is 7.19. The number of carbonyl (C=O) groups excluding carboxylic acids is 1. The number of fused-ring (bicyclic) bond motifs is 1. The van der Waals surface area contributed by atoms with Gasteiger partial charge in [-0.1, -0.05) is 19.0 Å². The third-order valence-corrected chi connectivity index (χ3v) is 4.86. The Bertz CT molecular complexity index is 516. The lowest BCUT2D eigenvalue weighted by molar-refractivity contribution is -0.132. The average Bonchev–Trinajstić information content (AvgIpc) is 3.03. The maximum Gasteiger partial charge on any atom is 0.227 e. The minimum Gasteiger partial charge on any atom is -0.379 e. The Morgan fingerprint density at radius 1 is 1.40 bits per heavy atom. The van der Waals surface area contributed by atoms with Gasteiger partial charge >= 0.3 is 0 Å². The van der Waals surface area contributed by atoms with Crippen LogP contribution in [0.4, 0.5) is 0 Å². The summed E-state index contributed by atoms with van der Waals surface area (Å²) < 4.78 is 10.7. The van der Waals surface area contributed by atoms with Gasteiger partial charge in [0.15, 0.2) is 0 Å². The second-order valence-electron chi connectivity index (χ2n) is 6.70. The summed E-state index contributed by atoms with van der Waals surface area (Å²) in [5.41, 5.74) is 1.87. The summed E-state index contributed by atoms with van der Waals surface area (Å²) in [6.07, 6.45) is 0.375. The van der Waals surface area contributed by atoms with Gasteiger partial charge in [-0.3, -0.25) is 4.79 Å². The molecule has 2 saturated heterocycles. The van der Waals surface area contributed by atoms with E-state index in [9.17, 15) is 4.79 Å². The van der Waals surface area contributed by atoms with Crippen molar-refractivity contribution in [3.8, 4) is 0 Å². The fraction of sp³-hybridized carbons (Fsp3) is 0.733. The zero-order chi connectivity index (χ0) is 14.5. The number of aromatic nitrogens is 1. The highest BCUT2D eigenvalue weighted by molar-refractivity contribution is 5.80. The van der Waals surface area contributed by atoms with Crippen molar-refractivity contribution < 1.29 is 14.1 Å². The number of likely N-dealkylation sites (tertiary alicyclic amines) is 1. The van der Waals surface area contributed by atoms with Crippen LogP contribution in [0, 0.1) is 25.2 Å². The van der Waals surface area contributed by atoms with Gasteiger partial charge in [-0.05, 0) is 19.3 Å². The molecular weight excluding hydrogens is 256 g/mol. The first-order chi connectivity index (χ1) is 9.40. The van der Waals surface area contributed by atoms with Crippen molar-refractivity contribution in [3.63, 3.8) is 0 Å². The van der Waals surface area contributed by atoms with Gasteiger partial charge in [0.25, 0.3) is 0 Å². The summed E-state index contributed by atoms with van der Waals surface area (Å²) in [6.45, 7) is 10.4. The summed E-state index contributed by atoms with van der Waals surface area (Å²) in [5, 5.41) is 3.92. The zero-order valence-electron chi connectivity index (χ0n) is 12.6. The second-order valence-corrected chi connectivity index (χ2v) is 6.70. The Labute approximate surface area is 119 Å². The van der Waals surface area contributed by atoms with Gasteiger partial charge < -0.3 is 14.2 Å². The zero-order valence-corrected chi connectivity index (χ0v) is 12.6. The van der Waals surface area contributed by atoms with Crippen LogP contribution in [0.1, 0.15) is 30.9 Å². The van der Waals surface area contributed by atoms with Crippen molar-refractivity contribution in [3.05, 3.63) is 17.0 Å². The molecule has 0 N–H and O–H groups in total. The van der Waals surface area contributed by atoms with E-state index in [0.29, 0.717) is 18.9 Å². The molecule has 5 heteroatoms. The molecule has 2 atom stereocenters. The van der Waals surface area contributed by atoms with Gasteiger partial charge in [0, 0.05) is 18.0 Å². The maximum atomic E-state index is 12.6. The van der Waals surface area contributed by atoms with Crippen LogP contribution in [0.3, 0.4) is 0 Å². The van der Waals surface area contributed by atoms with Gasteiger partial charge in [-0.2, -0.15) is 0 Å². The molecule has 0 spiro atoms. The van der Waals surface area contributed by atoms with E-state index in [2.05, 4.69) is 19.0 Å². The maximum absolute atomic E-state index is 12.6. The van der Waals surface area contributed by atoms with Crippen molar-refractivity contribution in [2.75, 3.05) is 19.8 Å². The molecule has 1 aromatic rings. The van der Waals surface area contributed by atoms with E-state index in [1.54, 1.807) is 0 Å². The molecule has 1 aromatic heterocycles. The number of amides is 1. The van der Waals surface area contributed by atoms with Crippen LogP contribution in [-0.4, -0.2) is 41.8 Å². The lowest BCUT2D eigenvalue weighted by Gasteiger charge is -2.24. The molecule has 0 aliphatic carbocycles. The number of nitrogens with zero attached hydrogens (tertiary/aromatic N) is 2. The van der Waals surface area contributed by atoms with Crippen LogP contribution >= 0.6 is 0 Å². The molecule has 0 saturated carbocycles. The summed E-state index contributed by atoms with van der Waals surface area (Å²) in [5.74, 6) is 1.36. The Balaban J connectivity index is 1.78. The van der Waals surface area contributed by atoms with Crippen molar-refractivity contribution in [1.29, 1.82) is 0 Å². The first kappa shape index (κ1) is 13.6. The normalized spacial score (nSPS) is 27.9. The molecule has 3 heterocycles. The number of carbonyl (C=O) groups is 1. The number of rotatable bonds is 2. The largest absolute Gasteiger partial charge is 0.379 e. The Hall–Kier alpha value is -1.36. The van der Waals surface area contributed by atoms with E-state index >= 15 is 0 Å². The van der Waals surface area contributed by atoms with Crippen LogP contribution in [0.2, 0.25) is 0 Å². The predicted molar refractivity (Wildman–Crippen MR) is 73.3 cm³/mol. The standard InChI is InChI=1S/C15H22N2O3/c1-9-11(10(2)20-16-9)5-14(18)17-8-15(3,4)12-6-19-7-13(12)17/h12-13H,5-8H2,1-4H3/t12-,13+/m1/s1. The van der Waals surface area contributed by atoms with Gasteiger partial charge in [0.2, 0.25) is 5.91 Å². The lowest BCUT2D eigenvalue weighted by atomic mass is 9.80. The van der Waals surface area contributed by atoms with E-state index in [1.807, 2.05) is 18.7 Å². The summed E-state index contributed by atoms with van der Waals surface area (Å²) in [7, 11) is 0. The van der Waals surface area contributed by atoms with Crippen LogP contribution < -0.4 is 0 Å². The van der Waals surface area contributed by atoms with Crippen LogP contribution in [0.5, 0.6) is 0 Å². The lowest BCUT2D eigenvalue weighted by Crippen LogP contribution is -2.39. The van der Waals surface area contributed by atoms with Crippen LogP contribution in [-0.2, 0) is 16.0 Å². The van der Waals surface area contributed by atoms with Crippen LogP contribution in [0.15, 0.2) is 4.52 Å². The molecule has 2 aliphatic rings. The Morgan fingerprint density at radius 3 is 2.80 bits per heavy atom. The van der Waals surface area contributed by atoms with Crippen molar-refractivity contribution in [2.45, 2.75) is 40.2 Å². The molecule has 3 rings (SSSR count). The number of hydrogen-bond acceptors (Lipinski definition) is 4. The molecule has 20 heavy (non-hydrogen) atoms. The molecule has 0 bridgehead atoms. The molecule has 0 aromatic carbocycles. The van der Waals surface area contributed by atoms with Gasteiger partial charge in [-0.15, -0.1) is 0 Å². The number of hydrogen-bond donors (Lipinski definition) is 0. The van der Waals surface area contributed by atoms with Crippen LogP contribution in [0.25, 0.3) is 0 Å². The minimum atomic E-state index is 0.134. The molecule has 5 nitrogen and oxygen atoms in total. The van der Waals surface area contributed by atoms with E-state index < -0.39 is 0 Å². The fourth-order valence-corrected chi connectivity index (χ4v) is 3.55. The van der Waals surface area contributed by atoms with Gasteiger partial charge in [0.05, 0.1) is 31.4 Å². The Morgan fingerprint density at radius 2 is 2.15 bits per heavy atom. The first-order valence-corrected chi connectivity index (χ1v) is 7.19. The third-order valence-electron chi connectivity index (χ3n) is 4.86. The fourth-order valence-electron chi connectivity index (χ4n) is 3.55. The topological polar surface area (TPSA) is 55.6 Å². The average molecular weight is 278 g/mol. The predicted octanol–water partition coefficient (Wildman–Crippen LogP) is 1.72. The summed E-state index contributed by atoms with van der Waals surface area (Å²) in [6, 6.07) is 0.234. The highest BCUT2D eigenvalue weighted by Crippen LogP contribution is 2.43. The third kappa shape index (κ3) is 2.04. The highest BCUT2D eigenvalue weighted by Gasteiger charge is 2.51. The van der Waals surface area contributed by atoms with Gasteiger partial charge in [-0.25, -0.2) is 0 Å². The molecule has 2 fully saturated rings.